The minimum absolute atomic E-state index is 0.165. The number of imide groups is 1. The van der Waals surface area contributed by atoms with E-state index in [2.05, 4.69) is 4.74 Å². The average molecular weight is 557 g/mol. The average Bonchev–Trinajstić information content (AvgIpc) is 2.76. The van der Waals surface area contributed by atoms with Crippen molar-refractivity contribution in [2.75, 3.05) is 19.0 Å². The molecule has 0 spiro atoms. The number of carbonyl (C=O) groups is 2. The van der Waals surface area contributed by atoms with Gasteiger partial charge in [0.2, 0.25) is 0 Å². The fraction of sp³-hybridized carbons (Fsp3) is 0.263. The maximum atomic E-state index is 14.7. The Morgan fingerprint density at radius 3 is 2.00 bits per heavy atom. The Balaban J connectivity index is 2.40. The van der Waals surface area contributed by atoms with Gasteiger partial charge in [-0.15, -0.1) is 0 Å². The zero-order valence-electron chi connectivity index (χ0n) is 17.2. The number of rotatable bonds is 5. The van der Waals surface area contributed by atoms with Gasteiger partial charge in [-0.05, 0) is 18.2 Å². The molecular weight excluding hydrogens is 546 g/mol. The predicted molar refractivity (Wildman–Crippen MR) is 105 cm³/mol. The van der Waals surface area contributed by atoms with E-state index in [4.69, 9.17) is 23.2 Å². The molecule has 3 amide bonds. The van der Waals surface area contributed by atoms with E-state index < -0.39 is 74.9 Å². The second-order valence-corrected chi connectivity index (χ2v) is 7.49. The van der Waals surface area contributed by atoms with Crippen LogP contribution in [0.4, 0.5) is 50.0 Å². The molecule has 1 atom stereocenters. The van der Waals surface area contributed by atoms with Crippen LogP contribution in [-0.2, 0) is 0 Å². The van der Waals surface area contributed by atoms with Gasteiger partial charge in [-0.25, -0.2) is 22.4 Å². The van der Waals surface area contributed by atoms with E-state index in [1.807, 2.05) is 0 Å². The van der Waals surface area contributed by atoms with Gasteiger partial charge in [0.05, 0.1) is 10.7 Å². The van der Waals surface area contributed by atoms with Crippen LogP contribution in [0, 0.1) is 17.5 Å². The number of amides is 3. The molecule has 35 heavy (non-hydrogen) atoms. The highest BCUT2D eigenvalue weighted by Gasteiger charge is 2.59. The molecule has 0 aliphatic rings. The maximum Gasteiger partial charge on any atom is 0.439 e. The highest BCUT2D eigenvalue weighted by atomic mass is 35.5. The number of halogens is 11. The summed E-state index contributed by atoms with van der Waals surface area (Å²) < 4.78 is 123. The molecule has 0 N–H and O–H groups in total. The number of urea groups is 1. The molecule has 0 fully saturated rings. The van der Waals surface area contributed by atoms with Crippen molar-refractivity contribution in [3.63, 3.8) is 0 Å². The lowest BCUT2D eigenvalue weighted by atomic mass is 10.1. The van der Waals surface area contributed by atoms with Gasteiger partial charge in [-0.1, -0.05) is 29.3 Å². The summed E-state index contributed by atoms with van der Waals surface area (Å²) in [5, 5.41) is -2.54. The molecule has 0 aliphatic carbocycles. The number of carbonyl (C=O) groups excluding carboxylic acids is 2. The summed E-state index contributed by atoms with van der Waals surface area (Å²) in [5.74, 6) is -7.46. The molecule has 0 saturated heterocycles. The van der Waals surface area contributed by atoms with Crippen molar-refractivity contribution in [1.29, 1.82) is 0 Å². The maximum absolute atomic E-state index is 14.7. The zero-order valence-corrected chi connectivity index (χ0v) is 18.7. The summed E-state index contributed by atoms with van der Waals surface area (Å²) in [7, 11) is 1.58. The lowest BCUT2D eigenvalue weighted by Crippen LogP contribution is -2.45. The third kappa shape index (κ3) is 5.69. The predicted octanol–water partition coefficient (Wildman–Crippen LogP) is 6.61. The Morgan fingerprint density at radius 2 is 1.51 bits per heavy atom. The van der Waals surface area contributed by atoms with E-state index in [1.165, 1.54) is 0 Å². The highest BCUT2D eigenvalue weighted by molar-refractivity contribution is 6.38. The van der Waals surface area contributed by atoms with Gasteiger partial charge >= 0.3 is 18.3 Å². The van der Waals surface area contributed by atoms with Gasteiger partial charge in [0, 0.05) is 14.1 Å². The molecule has 192 valence electrons. The highest BCUT2D eigenvalue weighted by Crippen LogP contribution is 2.45. The normalized spacial score (nSPS) is 12.8. The largest absolute Gasteiger partial charge is 0.439 e. The van der Waals surface area contributed by atoms with Crippen LogP contribution < -0.4 is 9.64 Å². The van der Waals surface area contributed by atoms with Gasteiger partial charge in [0.1, 0.15) is 22.2 Å². The summed E-state index contributed by atoms with van der Waals surface area (Å²) in [4.78, 5) is 25.4. The van der Waals surface area contributed by atoms with E-state index in [9.17, 15) is 49.1 Å². The first-order valence-electron chi connectivity index (χ1n) is 8.86. The Bertz CT molecular complexity index is 1140. The second kappa shape index (κ2) is 10.0. The summed E-state index contributed by atoms with van der Waals surface area (Å²) >= 11 is 11.1. The molecule has 0 aliphatic heterocycles. The number of alkyl halides is 6. The summed E-state index contributed by atoms with van der Waals surface area (Å²) in [6.45, 7) is 0. The lowest BCUT2D eigenvalue weighted by molar-refractivity contribution is -0.304. The van der Waals surface area contributed by atoms with Crippen molar-refractivity contribution in [1.82, 2.24) is 4.90 Å². The smallest absolute Gasteiger partial charge is 0.427 e. The number of anilines is 1. The van der Waals surface area contributed by atoms with Crippen LogP contribution in [0.3, 0.4) is 0 Å². The Hall–Kier alpha value is -2.87. The Labute approximate surface area is 200 Å². The van der Waals surface area contributed by atoms with Crippen LogP contribution in [-0.4, -0.2) is 49.4 Å². The van der Waals surface area contributed by atoms with Gasteiger partial charge < -0.3 is 4.74 Å². The Morgan fingerprint density at radius 1 is 1.00 bits per heavy atom. The molecule has 0 radical (unpaired) electrons. The first kappa shape index (κ1) is 28.4. The molecule has 16 heteroatoms. The van der Waals surface area contributed by atoms with Crippen LogP contribution in [0.2, 0.25) is 10.0 Å². The molecule has 2 aromatic rings. The lowest BCUT2D eigenvalue weighted by Gasteiger charge is -2.27. The van der Waals surface area contributed by atoms with Crippen molar-refractivity contribution in [2.24, 2.45) is 0 Å². The van der Waals surface area contributed by atoms with Crippen molar-refractivity contribution in [3.8, 4) is 5.75 Å². The van der Waals surface area contributed by atoms with Gasteiger partial charge in [0.25, 0.3) is 12.1 Å². The Kier molecular flexibility index (Phi) is 8.11. The minimum atomic E-state index is -6.05. The summed E-state index contributed by atoms with van der Waals surface area (Å²) in [6, 6.07) is 1.37. The van der Waals surface area contributed by atoms with Gasteiger partial charge in [-0.3, -0.25) is 14.6 Å². The quantitative estimate of drug-likeness (QED) is 0.307. The molecule has 1 unspecified atom stereocenters. The summed E-state index contributed by atoms with van der Waals surface area (Å²) in [6.07, 6.45) is -16.5. The van der Waals surface area contributed by atoms with Crippen molar-refractivity contribution < 1.29 is 53.8 Å². The van der Waals surface area contributed by atoms with Gasteiger partial charge in [0.15, 0.2) is 11.6 Å². The van der Waals surface area contributed by atoms with Crippen LogP contribution in [0.15, 0.2) is 24.3 Å². The van der Waals surface area contributed by atoms with Gasteiger partial charge in [-0.2, -0.15) is 22.0 Å². The minimum Gasteiger partial charge on any atom is -0.427 e. The fourth-order valence-corrected chi connectivity index (χ4v) is 3.09. The van der Waals surface area contributed by atoms with Crippen LogP contribution in [0.5, 0.6) is 5.75 Å². The van der Waals surface area contributed by atoms with Crippen molar-refractivity contribution in [3.05, 3.63) is 57.3 Å². The number of hydrogen-bond acceptors (Lipinski definition) is 3. The number of nitrogens with zero attached hydrogens (tertiary/aromatic N) is 2. The standard InChI is InChI=1S/C19H11Cl2F9N2O3/c1-31(17(34)32(2)15(33)11-8(22)4-3-5-9(11)23)10-6-7(20)14(12(21)13(10)24)35-19(29,30)16(25)18(26,27)28/h3-6,16H,1-2H3. The van der Waals surface area contributed by atoms with E-state index in [0.717, 1.165) is 32.3 Å². The third-order valence-corrected chi connectivity index (χ3v) is 4.95. The third-order valence-electron chi connectivity index (χ3n) is 4.33. The first-order chi connectivity index (χ1) is 15.9. The van der Waals surface area contributed by atoms with E-state index >= 15 is 0 Å². The molecule has 0 saturated carbocycles. The second-order valence-electron chi connectivity index (χ2n) is 6.71. The van der Waals surface area contributed by atoms with Crippen LogP contribution in [0.1, 0.15) is 10.4 Å². The molecule has 5 nitrogen and oxygen atoms in total. The van der Waals surface area contributed by atoms with E-state index in [0.29, 0.717) is 11.0 Å². The molecule has 2 aromatic carbocycles. The number of benzene rings is 2. The molecular formula is C19H11Cl2F9N2O3. The molecule has 0 heterocycles. The first-order valence-corrected chi connectivity index (χ1v) is 9.62. The molecule has 2 rings (SSSR count). The summed E-state index contributed by atoms with van der Waals surface area (Å²) in [5.41, 5.74) is -2.04. The van der Waals surface area contributed by atoms with Crippen molar-refractivity contribution in [2.45, 2.75) is 18.5 Å². The van der Waals surface area contributed by atoms with E-state index in [1.54, 1.807) is 0 Å². The van der Waals surface area contributed by atoms with Crippen molar-refractivity contribution >= 4 is 40.8 Å². The molecule has 0 aromatic heterocycles. The van der Waals surface area contributed by atoms with Crippen LogP contribution in [0.25, 0.3) is 0 Å². The monoisotopic (exact) mass is 556 g/mol. The molecule has 0 bridgehead atoms. The van der Waals surface area contributed by atoms with Crippen LogP contribution >= 0.6 is 23.2 Å². The topological polar surface area (TPSA) is 49.9 Å². The van der Waals surface area contributed by atoms with E-state index in [-0.39, 0.29) is 4.90 Å². The fourth-order valence-electron chi connectivity index (χ4n) is 2.57. The zero-order chi connectivity index (χ0) is 27.0. The number of hydrogen-bond donors (Lipinski definition) is 0. The SMILES string of the molecule is CN(C(=O)c1c(F)cccc1F)C(=O)N(C)c1cc(Cl)c(OC(F)(F)C(F)C(F)(F)F)c(Cl)c1F. The number of ether oxygens (including phenoxy) is 1.